The monoisotopic (exact) mass is 547 g/mol. The molecule has 38 heavy (non-hydrogen) atoms. The van der Waals surface area contributed by atoms with E-state index < -0.39 is 23.7 Å². The van der Waals surface area contributed by atoms with E-state index in [4.69, 9.17) is 23.1 Å². The highest BCUT2D eigenvalue weighted by Crippen LogP contribution is 2.36. The first-order chi connectivity index (χ1) is 18.0. The molecule has 0 saturated heterocycles. The van der Waals surface area contributed by atoms with Crippen molar-refractivity contribution in [2.75, 3.05) is 24.1 Å². The predicted molar refractivity (Wildman–Crippen MR) is 134 cm³/mol. The fourth-order valence-electron chi connectivity index (χ4n) is 3.54. The summed E-state index contributed by atoms with van der Waals surface area (Å²) >= 11 is 6.18. The molecule has 0 spiro atoms. The van der Waals surface area contributed by atoms with Gasteiger partial charge in [0.15, 0.2) is 17.3 Å². The Labute approximate surface area is 218 Å². The van der Waals surface area contributed by atoms with E-state index >= 15 is 0 Å². The number of carbonyl (C=O) groups excluding carboxylic acids is 2. The molecule has 4 rings (SSSR count). The first kappa shape index (κ1) is 26.6. The molecule has 0 atom stereocenters. The smallest absolute Gasteiger partial charge is 0.397 e. The molecule has 6 N–H and O–H groups in total. The van der Waals surface area contributed by atoms with E-state index in [0.717, 1.165) is 17.1 Å². The lowest BCUT2D eigenvalue weighted by Gasteiger charge is -2.10. The molecule has 3 aromatic heterocycles. The van der Waals surface area contributed by atoms with Crippen molar-refractivity contribution >= 4 is 34.8 Å². The number of halogens is 4. The Bertz CT molecular complexity index is 1500. The summed E-state index contributed by atoms with van der Waals surface area (Å²) in [5.41, 5.74) is 10.3. The lowest BCUT2D eigenvalue weighted by atomic mass is 10.2. The highest BCUT2D eigenvalue weighted by Gasteiger charge is 2.39. The number of rotatable bonds is 7. The van der Waals surface area contributed by atoms with E-state index in [1.165, 1.54) is 48.1 Å². The molecule has 2 amide bonds. The summed E-state index contributed by atoms with van der Waals surface area (Å²) in [4.78, 5) is 33.0. The van der Waals surface area contributed by atoms with Gasteiger partial charge in [-0.3, -0.25) is 9.59 Å². The van der Waals surface area contributed by atoms with Crippen molar-refractivity contribution in [1.82, 2.24) is 29.6 Å². The van der Waals surface area contributed by atoms with Gasteiger partial charge in [0.05, 0.1) is 39.9 Å². The Hall–Kier alpha value is -4.43. The third-order valence-electron chi connectivity index (χ3n) is 5.36. The maximum atomic E-state index is 13.8. The quantitative estimate of drug-likeness (QED) is 0.277. The van der Waals surface area contributed by atoms with Gasteiger partial charge in [-0.05, 0) is 30.3 Å². The Morgan fingerprint density at radius 2 is 1.87 bits per heavy atom. The summed E-state index contributed by atoms with van der Waals surface area (Å²) < 4.78 is 43.7. The summed E-state index contributed by atoms with van der Waals surface area (Å²) in [6.45, 7) is 0.521. The minimum atomic E-state index is -4.80. The third kappa shape index (κ3) is 5.45. The van der Waals surface area contributed by atoms with Crippen molar-refractivity contribution in [3.8, 4) is 17.1 Å². The van der Waals surface area contributed by atoms with Crippen LogP contribution in [0.5, 0.6) is 0 Å². The van der Waals surface area contributed by atoms with Crippen LogP contribution in [0.3, 0.4) is 0 Å². The molecule has 0 aliphatic rings. The second-order valence-electron chi connectivity index (χ2n) is 8.00. The number of carbonyl (C=O) groups is 2. The maximum Gasteiger partial charge on any atom is 0.435 e. The number of alkyl halides is 3. The molecule has 15 heteroatoms. The van der Waals surface area contributed by atoms with Gasteiger partial charge in [0.1, 0.15) is 0 Å². The van der Waals surface area contributed by atoms with E-state index in [9.17, 15) is 22.8 Å². The Kier molecular flexibility index (Phi) is 7.37. The molecule has 0 bridgehead atoms. The minimum absolute atomic E-state index is 0.00544. The van der Waals surface area contributed by atoms with Crippen LogP contribution in [0.15, 0.2) is 48.9 Å². The number of aromatic nitrogens is 5. The van der Waals surface area contributed by atoms with Crippen LogP contribution in [0.25, 0.3) is 17.1 Å². The second-order valence-corrected chi connectivity index (χ2v) is 8.41. The average molecular weight is 548 g/mol. The SMILES string of the molecule is Cn1c(-c2cn(-c3ccc(N)cn3)nc2C(F)(F)F)cnc1C(=O)Nc1ccc(C(=O)NCCN)c(Cl)c1. The number of anilines is 2. The molecule has 4 aromatic rings. The first-order valence-corrected chi connectivity index (χ1v) is 11.4. The Morgan fingerprint density at radius 1 is 1.11 bits per heavy atom. The summed E-state index contributed by atoms with van der Waals surface area (Å²) in [5.74, 6) is -1.20. The lowest BCUT2D eigenvalue weighted by molar-refractivity contribution is -0.140. The predicted octanol–water partition coefficient (Wildman–Crippen LogP) is 2.86. The molecular formula is C23H21ClF3N9O2. The fraction of sp³-hybridized carbons (Fsp3) is 0.174. The highest BCUT2D eigenvalue weighted by molar-refractivity contribution is 6.34. The van der Waals surface area contributed by atoms with Crippen molar-refractivity contribution in [1.29, 1.82) is 0 Å². The molecule has 0 fully saturated rings. The number of imidazole rings is 1. The van der Waals surface area contributed by atoms with Crippen LogP contribution < -0.4 is 22.1 Å². The van der Waals surface area contributed by atoms with Gasteiger partial charge < -0.3 is 26.7 Å². The van der Waals surface area contributed by atoms with E-state index in [1.54, 1.807) is 0 Å². The third-order valence-corrected chi connectivity index (χ3v) is 5.67. The molecule has 3 heterocycles. The van der Waals surface area contributed by atoms with Crippen LogP contribution in [0.4, 0.5) is 24.5 Å². The van der Waals surface area contributed by atoms with Crippen LogP contribution in [-0.4, -0.2) is 49.2 Å². The van der Waals surface area contributed by atoms with Gasteiger partial charge in [0.2, 0.25) is 0 Å². The van der Waals surface area contributed by atoms with Crippen molar-refractivity contribution in [3.63, 3.8) is 0 Å². The fourth-order valence-corrected chi connectivity index (χ4v) is 3.80. The molecule has 1 aromatic carbocycles. The van der Waals surface area contributed by atoms with E-state index in [-0.39, 0.29) is 52.3 Å². The average Bonchev–Trinajstić information content (AvgIpc) is 3.47. The molecule has 0 radical (unpaired) electrons. The standard InChI is InChI=1S/C23H21ClF3N9O2/c1-35-17(15-11-36(34-19(15)23(25,26)27)18-5-2-12(29)9-31-18)10-32-20(35)22(38)33-13-3-4-14(16(24)8-13)21(37)30-7-6-28/h2-5,8-11H,6-7,28-29H2,1H3,(H,30,37)(H,33,38). The maximum absolute atomic E-state index is 13.8. The van der Waals surface area contributed by atoms with Gasteiger partial charge in [0.25, 0.3) is 11.8 Å². The largest absolute Gasteiger partial charge is 0.435 e. The molecule has 11 nitrogen and oxygen atoms in total. The van der Waals surface area contributed by atoms with Crippen LogP contribution in [-0.2, 0) is 13.2 Å². The summed E-state index contributed by atoms with van der Waals surface area (Å²) in [7, 11) is 1.40. The van der Waals surface area contributed by atoms with Gasteiger partial charge in [-0.1, -0.05) is 11.6 Å². The molecule has 198 valence electrons. The molecule has 0 aliphatic carbocycles. The van der Waals surface area contributed by atoms with Gasteiger partial charge >= 0.3 is 6.18 Å². The number of amides is 2. The van der Waals surface area contributed by atoms with E-state index in [0.29, 0.717) is 5.69 Å². The minimum Gasteiger partial charge on any atom is -0.397 e. The van der Waals surface area contributed by atoms with Crippen LogP contribution in [0.1, 0.15) is 26.7 Å². The first-order valence-electron chi connectivity index (χ1n) is 11.0. The number of hydrogen-bond acceptors (Lipinski definition) is 7. The van der Waals surface area contributed by atoms with Crippen molar-refractivity contribution in [2.24, 2.45) is 12.8 Å². The zero-order valence-corrected chi connectivity index (χ0v) is 20.5. The number of nitrogens with zero attached hydrogens (tertiary/aromatic N) is 5. The Balaban J connectivity index is 1.62. The number of nitrogens with one attached hydrogen (secondary N) is 2. The number of benzene rings is 1. The molecule has 0 unspecified atom stereocenters. The summed E-state index contributed by atoms with van der Waals surface area (Å²) in [6.07, 6.45) is -1.22. The van der Waals surface area contributed by atoms with Gasteiger partial charge in [0, 0.05) is 32.0 Å². The second kappa shape index (κ2) is 10.5. The summed E-state index contributed by atoms with van der Waals surface area (Å²) in [5, 5.41) is 8.90. The van der Waals surface area contributed by atoms with Crippen molar-refractivity contribution in [2.45, 2.75) is 6.18 Å². The van der Waals surface area contributed by atoms with Crippen LogP contribution >= 0.6 is 11.6 Å². The zero-order chi connectivity index (χ0) is 27.6. The molecule has 0 aliphatic heterocycles. The number of pyridine rings is 1. The number of hydrogen-bond donors (Lipinski definition) is 4. The molecular weight excluding hydrogens is 527 g/mol. The van der Waals surface area contributed by atoms with Crippen molar-refractivity contribution in [3.05, 3.63) is 71.0 Å². The topological polar surface area (TPSA) is 159 Å². The number of nitrogen functional groups attached to an aromatic ring is 1. The zero-order valence-electron chi connectivity index (χ0n) is 19.8. The number of nitrogens with two attached hydrogens (primary N) is 2. The van der Waals surface area contributed by atoms with Gasteiger partial charge in [-0.2, -0.15) is 18.3 Å². The molecule has 0 saturated carbocycles. The van der Waals surface area contributed by atoms with Gasteiger partial charge in [-0.15, -0.1) is 0 Å². The van der Waals surface area contributed by atoms with Crippen molar-refractivity contribution < 1.29 is 22.8 Å². The Morgan fingerprint density at radius 3 is 2.50 bits per heavy atom. The summed E-state index contributed by atoms with van der Waals surface area (Å²) in [6, 6.07) is 7.15. The van der Waals surface area contributed by atoms with Crippen LogP contribution in [0, 0.1) is 0 Å². The van der Waals surface area contributed by atoms with E-state index in [2.05, 4.69) is 25.7 Å². The van der Waals surface area contributed by atoms with Crippen LogP contribution in [0.2, 0.25) is 5.02 Å². The van der Waals surface area contributed by atoms with E-state index in [1.807, 2.05) is 0 Å². The van der Waals surface area contributed by atoms with Gasteiger partial charge in [-0.25, -0.2) is 14.6 Å². The normalized spacial score (nSPS) is 11.4. The lowest BCUT2D eigenvalue weighted by Crippen LogP contribution is -2.29. The highest BCUT2D eigenvalue weighted by atomic mass is 35.5.